The summed E-state index contributed by atoms with van der Waals surface area (Å²) in [5, 5.41) is 4.12. The summed E-state index contributed by atoms with van der Waals surface area (Å²) in [6.07, 6.45) is 6.80. The van der Waals surface area contributed by atoms with Crippen LogP contribution < -0.4 is 5.32 Å². The summed E-state index contributed by atoms with van der Waals surface area (Å²) >= 11 is 0. The van der Waals surface area contributed by atoms with Gasteiger partial charge in [0.15, 0.2) is 0 Å². The fourth-order valence-corrected chi connectivity index (χ4v) is 3.35. The normalized spacial score (nSPS) is 11.1. The number of benzene rings is 2. The zero-order valence-corrected chi connectivity index (χ0v) is 15.1. The fraction of sp³-hybridized carbons (Fsp3) is 0.227. The van der Waals surface area contributed by atoms with Crippen molar-refractivity contribution in [3.05, 3.63) is 72.7 Å². The van der Waals surface area contributed by atoms with E-state index in [0.29, 0.717) is 12.1 Å². The smallest absolute Gasteiger partial charge is 0.251 e. The monoisotopic (exact) mass is 358 g/mol. The van der Waals surface area contributed by atoms with Gasteiger partial charge in [0.05, 0.1) is 23.6 Å². The van der Waals surface area contributed by atoms with Crippen molar-refractivity contribution in [3.63, 3.8) is 0 Å². The topological polar surface area (TPSA) is 59.8 Å². The SMILES string of the molecule is O=C(NCCCCCn1cnc2cnc3ccccc3c21)c1ccccc1. The summed E-state index contributed by atoms with van der Waals surface area (Å²) in [6, 6.07) is 17.5. The Hall–Kier alpha value is -3.21. The van der Waals surface area contributed by atoms with E-state index in [2.05, 4.69) is 25.9 Å². The minimum atomic E-state index is -0.00447. The number of nitrogens with one attached hydrogen (secondary N) is 1. The molecule has 0 aliphatic carbocycles. The lowest BCUT2D eigenvalue weighted by Crippen LogP contribution is -2.24. The Labute approximate surface area is 158 Å². The van der Waals surface area contributed by atoms with Crippen LogP contribution in [0.2, 0.25) is 0 Å². The van der Waals surface area contributed by atoms with Crippen LogP contribution in [0.5, 0.6) is 0 Å². The van der Waals surface area contributed by atoms with Gasteiger partial charge in [-0.05, 0) is 37.5 Å². The molecular weight excluding hydrogens is 336 g/mol. The third kappa shape index (κ3) is 3.82. The Morgan fingerprint density at radius 2 is 1.70 bits per heavy atom. The standard InChI is InChI=1S/C22H22N4O/c27-22(17-9-3-1-4-10-17)23-13-7-2-8-14-26-16-25-20-15-24-19-12-6-5-11-18(19)21(20)26/h1,3-6,9-12,15-16H,2,7-8,13-14H2,(H,23,27). The number of aromatic nitrogens is 3. The number of fused-ring (bicyclic) bond motifs is 3. The Morgan fingerprint density at radius 1 is 0.889 bits per heavy atom. The van der Waals surface area contributed by atoms with Crippen LogP contribution in [0.1, 0.15) is 29.6 Å². The lowest BCUT2D eigenvalue weighted by Gasteiger charge is -2.07. The first-order valence-corrected chi connectivity index (χ1v) is 9.35. The van der Waals surface area contributed by atoms with Crippen molar-refractivity contribution < 1.29 is 4.79 Å². The van der Waals surface area contributed by atoms with Crippen LogP contribution in [0.3, 0.4) is 0 Å². The fourth-order valence-electron chi connectivity index (χ4n) is 3.35. The number of carbonyl (C=O) groups is 1. The average molecular weight is 358 g/mol. The molecule has 0 aliphatic heterocycles. The van der Waals surface area contributed by atoms with Gasteiger partial charge in [0.25, 0.3) is 5.91 Å². The Balaban J connectivity index is 1.30. The molecule has 0 saturated heterocycles. The van der Waals surface area contributed by atoms with Crippen molar-refractivity contribution in [2.45, 2.75) is 25.8 Å². The van der Waals surface area contributed by atoms with Crippen molar-refractivity contribution in [3.8, 4) is 0 Å². The molecule has 2 heterocycles. The number of hydrogen-bond donors (Lipinski definition) is 1. The van der Waals surface area contributed by atoms with Crippen molar-refractivity contribution in [2.75, 3.05) is 6.54 Å². The third-order valence-electron chi connectivity index (χ3n) is 4.75. The molecule has 136 valence electrons. The van der Waals surface area contributed by atoms with E-state index in [0.717, 1.165) is 47.7 Å². The molecular formula is C22H22N4O. The molecule has 5 heteroatoms. The number of nitrogens with zero attached hydrogens (tertiary/aromatic N) is 3. The molecule has 1 amide bonds. The van der Waals surface area contributed by atoms with Crippen molar-refractivity contribution in [2.24, 2.45) is 0 Å². The number of hydrogen-bond acceptors (Lipinski definition) is 3. The summed E-state index contributed by atoms with van der Waals surface area (Å²) < 4.78 is 2.21. The van der Waals surface area contributed by atoms with Crippen LogP contribution in [0.15, 0.2) is 67.1 Å². The van der Waals surface area contributed by atoms with Crippen LogP contribution >= 0.6 is 0 Å². The van der Waals surface area contributed by atoms with Crippen LogP contribution in [-0.2, 0) is 6.54 Å². The number of aryl methyl sites for hydroxylation is 1. The molecule has 0 saturated carbocycles. The Bertz CT molecular complexity index is 1060. The van der Waals surface area contributed by atoms with E-state index in [1.165, 1.54) is 0 Å². The van der Waals surface area contributed by atoms with E-state index < -0.39 is 0 Å². The lowest BCUT2D eigenvalue weighted by atomic mass is 10.2. The second-order valence-corrected chi connectivity index (χ2v) is 6.63. The molecule has 0 bridgehead atoms. The van der Waals surface area contributed by atoms with Gasteiger partial charge in [0.1, 0.15) is 5.52 Å². The number of carbonyl (C=O) groups excluding carboxylic acids is 1. The van der Waals surface area contributed by atoms with Gasteiger partial charge in [-0.2, -0.15) is 0 Å². The van der Waals surface area contributed by atoms with Gasteiger partial charge in [0.2, 0.25) is 0 Å². The highest BCUT2D eigenvalue weighted by Gasteiger charge is 2.08. The number of pyridine rings is 1. The zero-order chi connectivity index (χ0) is 18.5. The van der Waals surface area contributed by atoms with Gasteiger partial charge in [-0.25, -0.2) is 4.98 Å². The molecule has 27 heavy (non-hydrogen) atoms. The van der Waals surface area contributed by atoms with Gasteiger partial charge in [-0.3, -0.25) is 9.78 Å². The van der Waals surface area contributed by atoms with Crippen molar-refractivity contribution in [1.82, 2.24) is 19.9 Å². The molecule has 2 aromatic heterocycles. The highest BCUT2D eigenvalue weighted by Crippen LogP contribution is 2.23. The second-order valence-electron chi connectivity index (χ2n) is 6.63. The van der Waals surface area contributed by atoms with E-state index in [4.69, 9.17) is 0 Å². The summed E-state index contributed by atoms with van der Waals surface area (Å²) in [7, 11) is 0. The van der Waals surface area contributed by atoms with Crippen LogP contribution in [-0.4, -0.2) is 27.0 Å². The van der Waals surface area contributed by atoms with Crippen LogP contribution in [0, 0.1) is 0 Å². The quantitative estimate of drug-likeness (QED) is 0.504. The van der Waals surface area contributed by atoms with E-state index in [1.54, 1.807) is 0 Å². The van der Waals surface area contributed by atoms with E-state index in [1.807, 2.05) is 61.1 Å². The minimum absolute atomic E-state index is 0.00447. The maximum absolute atomic E-state index is 12.0. The molecule has 1 N–H and O–H groups in total. The maximum atomic E-state index is 12.0. The Morgan fingerprint density at radius 3 is 2.59 bits per heavy atom. The molecule has 0 atom stereocenters. The number of unbranched alkanes of at least 4 members (excludes halogenated alkanes) is 2. The Kier molecular flexibility index (Phi) is 5.10. The molecule has 0 aliphatic rings. The number of para-hydroxylation sites is 1. The predicted molar refractivity (Wildman–Crippen MR) is 108 cm³/mol. The summed E-state index contributed by atoms with van der Waals surface area (Å²) in [6.45, 7) is 1.61. The molecule has 0 unspecified atom stereocenters. The molecule has 0 spiro atoms. The summed E-state index contributed by atoms with van der Waals surface area (Å²) in [5.41, 5.74) is 3.79. The largest absolute Gasteiger partial charge is 0.352 e. The predicted octanol–water partition coefficient (Wildman–Crippen LogP) is 4.18. The highest BCUT2D eigenvalue weighted by atomic mass is 16.1. The van der Waals surface area contributed by atoms with Crippen LogP contribution in [0.25, 0.3) is 21.9 Å². The van der Waals surface area contributed by atoms with E-state index in [-0.39, 0.29) is 5.91 Å². The lowest BCUT2D eigenvalue weighted by molar-refractivity contribution is 0.0953. The molecule has 2 aromatic carbocycles. The van der Waals surface area contributed by atoms with Crippen molar-refractivity contribution >= 4 is 27.8 Å². The number of imidazole rings is 1. The zero-order valence-electron chi connectivity index (χ0n) is 15.1. The molecule has 4 rings (SSSR count). The first kappa shape index (κ1) is 17.2. The van der Waals surface area contributed by atoms with Gasteiger partial charge in [0, 0.05) is 24.0 Å². The minimum Gasteiger partial charge on any atom is -0.352 e. The van der Waals surface area contributed by atoms with Crippen LogP contribution in [0.4, 0.5) is 0 Å². The van der Waals surface area contributed by atoms with Crippen molar-refractivity contribution in [1.29, 1.82) is 0 Å². The van der Waals surface area contributed by atoms with E-state index >= 15 is 0 Å². The maximum Gasteiger partial charge on any atom is 0.251 e. The van der Waals surface area contributed by atoms with E-state index in [9.17, 15) is 4.79 Å². The molecule has 0 fully saturated rings. The number of amides is 1. The second kappa shape index (κ2) is 7.99. The van der Waals surface area contributed by atoms with Gasteiger partial charge in [-0.15, -0.1) is 0 Å². The summed E-state index contributed by atoms with van der Waals surface area (Å²) in [4.78, 5) is 21.0. The van der Waals surface area contributed by atoms with Gasteiger partial charge < -0.3 is 9.88 Å². The van der Waals surface area contributed by atoms with Gasteiger partial charge >= 0.3 is 0 Å². The highest BCUT2D eigenvalue weighted by molar-refractivity contribution is 6.01. The summed E-state index contributed by atoms with van der Waals surface area (Å²) in [5.74, 6) is -0.00447. The van der Waals surface area contributed by atoms with Gasteiger partial charge in [-0.1, -0.05) is 36.4 Å². The molecule has 4 aromatic rings. The first-order valence-electron chi connectivity index (χ1n) is 9.35. The first-order chi connectivity index (χ1) is 13.3. The number of rotatable bonds is 7. The molecule has 0 radical (unpaired) electrons. The average Bonchev–Trinajstić information content (AvgIpc) is 3.14. The molecule has 5 nitrogen and oxygen atoms in total. The third-order valence-corrected chi connectivity index (χ3v) is 4.75.